The fraction of sp³-hybridized carbons (Fsp3) is 0.500. The molecule has 0 aliphatic heterocycles. The lowest BCUT2D eigenvalue weighted by Crippen LogP contribution is -2.17. The molecule has 0 saturated heterocycles. The van der Waals surface area contributed by atoms with E-state index >= 15 is 0 Å². The van der Waals surface area contributed by atoms with Crippen molar-refractivity contribution in [2.45, 2.75) is 55.8 Å². The fourth-order valence-corrected chi connectivity index (χ4v) is 4.12. The molecule has 0 spiro atoms. The van der Waals surface area contributed by atoms with Crippen molar-refractivity contribution in [2.24, 2.45) is 5.92 Å². The third kappa shape index (κ3) is 3.65. The van der Waals surface area contributed by atoms with Gasteiger partial charge in [0.25, 0.3) is 10.0 Å². The number of nitrogens with one attached hydrogen (secondary N) is 1. The number of aromatic nitrogens is 3. The van der Waals surface area contributed by atoms with Crippen LogP contribution in [0, 0.1) is 5.92 Å². The maximum atomic E-state index is 12.6. The Hall–Kier alpha value is -2.22. The first-order chi connectivity index (χ1) is 12.5. The van der Waals surface area contributed by atoms with Crippen molar-refractivity contribution < 1.29 is 13.2 Å². The fourth-order valence-electron chi connectivity index (χ4n) is 3.06. The monoisotopic (exact) mass is 374 g/mol. The van der Waals surface area contributed by atoms with Gasteiger partial charge in [-0.25, -0.2) is 4.98 Å². The highest BCUT2D eigenvalue weighted by molar-refractivity contribution is 7.89. The number of hydrogen-bond acceptors (Lipinski definition) is 5. The minimum Gasteiger partial charge on any atom is -0.326 e. The number of carbonyl (C=O) groups is 1. The molecule has 0 radical (unpaired) electrons. The summed E-state index contributed by atoms with van der Waals surface area (Å²) < 4.78 is 26.2. The first-order valence-electron chi connectivity index (χ1n) is 9.09. The molecule has 0 unspecified atom stereocenters. The Morgan fingerprint density at radius 3 is 2.50 bits per heavy atom. The molecule has 1 amide bonds. The summed E-state index contributed by atoms with van der Waals surface area (Å²) in [5, 5.41) is 6.92. The van der Waals surface area contributed by atoms with Crippen LogP contribution in [0.4, 0.5) is 5.69 Å². The summed E-state index contributed by atoms with van der Waals surface area (Å²) in [4.78, 5) is 16.2. The zero-order chi connectivity index (χ0) is 18.1. The lowest BCUT2D eigenvalue weighted by Gasteiger charge is -2.24. The molecule has 1 heterocycles. The molecule has 2 saturated carbocycles. The molecule has 1 aromatic heterocycles. The summed E-state index contributed by atoms with van der Waals surface area (Å²) in [6.07, 6.45) is 8.43. The van der Waals surface area contributed by atoms with Gasteiger partial charge >= 0.3 is 0 Å². The molecule has 0 bridgehead atoms. The summed E-state index contributed by atoms with van der Waals surface area (Å²) in [5.41, 5.74) is 0.597. The summed E-state index contributed by atoms with van der Waals surface area (Å²) in [5.74, 6) is 1.54. The van der Waals surface area contributed by atoms with Crippen LogP contribution in [0.15, 0.2) is 35.5 Å². The van der Waals surface area contributed by atoms with E-state index in [1.807, 2.05) is 0 Å². The molecule has 7 nitrogen and oxygen atoms in total. The highest BCUT2D eigenvalue weighted by atomic mass is 32.2. The van der Waals surface area contributed by atoms with Crippen LogP contribution in [0.1, 0.15) is 56.7 Å². The molecule has 8 heteroatoms. The van der Waals surface area contributed by atoms with E-state index in [-0.39, 0.29) is 10.8 Å². The highest BCUT2D eigenvalue weighted by Crippen LogP contribution is 2.37. The highest BCUT2D eigenvalue weighted by Gasteiger charge is 2.29. The Morgan fingerprint density at radius 1 is 1.15 bits per heavy atom. The maximum Gasteiger partial charge on any atom is 0.284 e. The third-order valence-corrected chi connectivity index (χ3v) is 6.66. The minimum atomic E-state index is -3.76. The number of hydrogen-bond donors (Lipinski definition) is 1. The molecule has 1 aromatic carbocycles. The van der Waals surface area contributed by atoms with E-state index in [0.29, 0.717) is 29.8 Å². The number of carbonyl (C=O) groups excluding carboxylic acids is 1. The molecule has 2 fully saturated rings. The lowest BCUT2D eigenvalue weighted by molar-refractivity contribution is -0.116. The van der Waals surface area contributed by atoms with E-state index in [1.165, 1.54) is 37.7 Å². The van der Waals surface area contributed by atoms with Crippen LogP contribution >= 0.6 is 0 Å². The third-order valence-electron chi connectivity index (χ3n) is 5.12. The summed E-state index contributed by atoms with van der Waals surface area (Å²) in [7, 11) is -3.76. The minimum absolute atomic E-state index is 0.0298. The largest absolute Gasteiger partial charge is 0.326 e. The number of rotatable bonds is 7. The SMILES string of the molecule is O=C(CCC1CCC1)Nc1ccc(S(=O)(=O)n2cnc(C3CC3)n2)cc1. The molecule has 0 atom stereocenters. The molecular weight excluding hydrogens is 352 g/mol. The zero-order valence-corrected chi connectivity index (χ0v) is 15.3. The van der Waals surface area contributed by atoms with Gasteiger partial charge in [-0.2, -0.15) is 8.42 Å². The van der Waals surface area contributed by atoms with E-state index in [9.17, 15) is 13.2 Å². The van der Waals surface area contributed by atoms with Crippen LogP contribution in [-0.4, -0.2) is 28.5 Å². The van der Waals surface area contributed by atoms with Gasteiger partial charge in [0.15, 0.2) is 5.82 Å². The maximum absolute atomic E-state index is 12.6. The predicted octanol–water partition coefficient (Wildman–Crippen LogP) is 2.91. The van der Waals surface area contributed by atoms with Crippen molar-refractivity contribution in [3.8, 4) is 0 Å². The summed E-state index contributed by atoms with van der Waals surface area (Å²) in [6.45, 7) is 0. The molecule has 2 aliphatic rings. The lowest BCUT2D eigenvalue weighted by atomic mass is 9.82. The van der Waals surface area contributed by atoms with Crippen LogP contribution in [0.5, 0.6) is 0 Å². The second kappa shape index (κ2) is 6.83. The van der Waals surface area contributed by atoms with Crippen LogP contribution in [0.3, 0.4) is 0 Å². The Morgan fingerprint density at radius 2 is 1.88 bits per heavy atom. The summed E-state index contributed by atoms with van der Waals surface area (Å²) >= 11 is 0. The van der Waals surface area contributed by atoms with Crippen LogP contribution in [0.25, 0.3) is 0 Å². The predicted molar refractivity (Wildman–Crippen MR) is 96.2 cm³/mol. The second-order valence-electron chi connectivity index (χ2n) is 7.16. The molecule has 138 valence electrons. The standard InChI is InChI=1S/C18H22N4O3S/c23-17(11-4-13-2-1-3-13)20-15-7-9-16(10-8-15)26(24,25)22-12-19-18(21-22)14-5-6-14/h7-10,12-14H,1-6,11H2,(H,20,23). The van der Waals surface area contributed by atoms with Crippen molar-refractivity contribution >= 4 is 21.6 Å². The number of nitrogens with zero attached hydrogens (tertiary/aromatic N) is 3. The Bertz CT molecular complexity index is 897. The average molecular weight is 374 g/mol. The second-order valence-corrected chi connectivity index (χ2v) is 8.96. The normalized spacial score (nSPS) is 17.7. The van der Waals surface area contributed by atoms with Crippen LogP contribution in [-0.2, 0) is 14.8 Å². The van der Waals surface area contributed by atoms with E-state index < -0.39 is 10.0 Å². The van der Waals surface area contributed by atoms with Crippen LogP contribution < -0.4 is 5.32 Å². The van der Waals surface area contributed by atoms with E-state index in [0.717, 1.165) is 23.3 Å². The van der Waals surface area contributed by atoms with Crippen molar-refractivity contribution in [1.29, 1.82) is 0 Å². The van der Waals surface area contributed by atoms with Crippen LogP contribution in [0.2, 0.25) is 0 Å². The molecule has 4 rings (SSSR count). The average Bonchev–Trinajstić information content (AvgIpc) is 3.30. The van der Waals surface area contributed by atoms with E-state index in [1.54, 1.807) is 12.1 Å². The quantitative estimate of drug-likeness (QED) is 0.804. The number of anilines is 1. The van der Waals surface area contributed by atoms with Gasteiger partial charge in [0.1, 0.15) is 6.33 Å². The zero-order valence-electron chi connectivity index (χ0n) is 14.5. The van der Waals surface area contributed by atoms with Gasteiger partial charge in [-0.15, -0.1) is 9.19 Å². The van der Waals surface area contributed by atoms with E-state index in [4.69, 9.17) is 0 Å². The van der Waals surface area contributed by atoms with Gasteiger partial charge in [-0.1, -0.05) is 19.3 Å². The molecule has 2 aliphatic carbocycles. The van der Waals surface area contributed by atoms with Gasteiger partial charge in [0.2, 0.25) is 5.91 Å². The van der Waals surface area contributed by atoms with Gasteiger partial charge in [0, 0.05) is 18.0 Å². The van der Waals surface area contributed by atoms with Crippen molar-refractivity contribution in [3.63, 3.8) is 0 Å². The van der Waals surface area contributed by atoms with E-state index in [2.05, 4.69) is 15.4 Å². The van der Waals surface area contributed by atoms with Gasteiger partial charge < -0.3 is 5.32 Å². The first-order valence-corrected chi connectivity index (χ1v) is 10.5. The van der Waals surface area contributed by atoms with Crippen molar-refractivity contribution in [2.75, 3.05) is 5.32 Å². The molecular formula is C18H22N4O3S. The van der Waals surface area contributed by atoms with Gasteiger partial charge in [-0.05, 0) is 49.4 Å². The van der Waals surface area contributed by atoms with Gasteiger partial charge in [-0.3, -0.25) is 4.79 Å². The number of amides is 1. The Labute approximate surface area is 152 Å². The summed E-state index contributed by atoms with van der Waals surface area (Å²) in [6, 6.07) is 6.17. The smallest absolute Gasteiger partial charge is 0.284 e. The van der Waals surface area contributed by atoms with Crippen molar-refractivity contribution in [3.05, 3.63) is 36.4 Å². The Kier molecular flexibility index (Phi) is 4.52. The molecule has 2 aromatic rings. The van der Waals surface area contributed by atoms with Crippen molar-refractivity contribution in [1.82, 2.24) is 14.2 Å². The van der Waals surface area contributed by atoms with Gasteiger partial charge in [0.05, 0.1) is 4.90 Å². The Balaban J connectivity index is 1.40. The first kappa shape index (κ1) is 17.2. The molecule has 1 N–H and O–H groups in total. The number of benzene rings is 1. The molecule has 26 heavy (non-hydrogen) atoms. The topological polar surface area (TPSA) is 94.0 Å².